The third kappa shape index (κ3) is 6.59. The molecule has 0 fully saturated rings. The van der Waals surface area contributed by atoms with Gasteiger partial charge in [0.1, 0.15) is 22.3 Å². The van der Waals surface area contributed by atoms with Gasteiger partial charge in [-0.3, -0.25) is 19.5 Å². The fourth-order valence-electron chi connectivity index (χ4n) is 3.19. The van der Waals surface area contributed by atoms with Crippen molar-refractivity contribution in [2.75, 3.05) is 25.3 Å². The third-order valence-electron chi connectivity index (χ3n) is 4.91. The molecule has 0 unspecified atom stereocenters. The second-order valence-corrected chi connectivity index (χ2v) is 9.58. The van der Waals surface area contributed by atoms with Crippen LogP contribution in [0.1, 0.15) is 21.2 Å². The van der Waals surface area contributed by atoms with Crippen LogP contribution in [0.15, 0.2) is 47.6 Å². The van der Waals surface area contributed by atoms with E-state index >= 15 is 0 Å². The summed E-state index contributed by atoms with van der Waals surface area (Å²) in [4.78, 5) is 25.2. The predicted octanol–water partition coefficient (Wildman–Crippen LogP) is 3.24. The Morgan fingerprint density at radius 2 is 1.73 bits per heavy atom. The SMILES string of the molecule is COc1cc(OC)cc(C(=O)NCc2nnc(SCC(=O)Nc3nnc(C)s3)n2-c2ccc(F)cc2)c1. The van der Waals surface area contributed by atoms with Gasteiger partial charge < -0.3 is 14.8 Å². The molecule has 0 saturated heterocycles. The molecule has 2 aromatic carbocycles. The molecular formula is C23H22FN7O4S2. The first-order valence-corrected chi connectivity index (χ1v) is 12.6. The highest BCUT2D eigenvalue weighted by Crippen LogP contribution is 2.24. The highest BCUT2D eigenvalue weighted by Gasteiger charge is 2.18. The van der Waals surface area contributed by atoms with Gasteiger partial charge in [0, 0.05) is 17.3 Å². The minimum absolute atomic E-state index is 0.0134. The Labute approximate surface area is 219 Å². The summed E-state index contributed by atoms with van der Waals surface area (Å²) in [6.07, 6.45) is 0. The van der Waals surface area contributed by atoms with Gasteiger partial charge in [-0.15, -0.1) is 20.4 Å². The molecule has 0 aliphatic rings. The fraction of sp³-hybridized carbons (Fsp3) is 0.217. The molecule has 0 bridgehead atoms. The number of nitrogens with one attached hydrogen (secondary N) is 2. The largest absolute Gasteiger partial charge is 0.497 e. The number of hydrogen-bond donors (Lipinski definition) is 2. The molecule has 14 heteroatoms. The first-order valence-electron chi connectivity index (χ1n) is 10.8. The summed E-state index contributed by atoms with van der Waals surface area (Å²) >= 11 is 2.40. The van der Waals surface area contributed by atoms with Gasteiger partial charge in [0.05, 0.1) is 26.5 Å². The van der Waals surface area contributed by atoms with Crippen LogP contribution in [0.2, 0.25) is 0 Å². The van der Waals surface area contributed by atoms with Crippen LogP contribution in [0.3, 0.4) is 0 Å². The van der Waals surface area contributed by atoms with Crippen LogP contribution in [0.4, 0.5) is 9.52 Å². The van der Waals surface area contributed by atoms with Gasteiger partial charge in [-0.2, -0.15) is 0 Å². The quantitative estimate of drug-likeness (QED) is 0.289. The Bertz CT molecular complexity index is 1390. The van der Waals surface area contributed by atoms with Gasteiger partial charge >= 0.3 is 0 Å². The average molecular weight is 544 g/mol. The molecule has 0 aliphatic carbocycles. The number of anilines is 1. The molecular weight excluding hydrogens is 521 g/mol. The zero-order chi connectivity index (χ0) is 26.4. The molecule has 0 aliphatic heterocycles. The van der Waals surface area contributed by atoms with Crippen molar-refractivity contribution >= 4 is 40.0 Å². The number of rotatable bonds is 10. The molecule has 2 amide bonds. The van der Waals surface area contributed by atoms with Gasteiger partial charge in [-0.1, -0.05) is 23.1 Å². The molecule has 11 nitrogen and oxygen atoms in total. The molecule has 2 N–H and O–H groups in total. The minimum atomic E-state index is -0.403. The van der Waals surface area contributed by atoms with Gasteiger partial charge in [0.2, 0.25) is 11.0 Å². The number of thioether (sulfide) groups is 1. The van der Waals surface area contributed by atoms with Crippen LogP contribution >= 0.6 is 23.1 Å². The predicted molar refractivity (Wildman–Crippen MR) is 136 cm³/mol. The first-order chi connectivity index (χ1) is 17.9. The van der Waals surface area contributed by atoms with Crippen molar-refractivity contribution in [3.8, 4) is 17.2 Å². The van der Waals surface area contributed by atoms with Crippen molar-refractivity contribution in [3.05, 3.63) is 64.7 Å². The van der Waals surface area contributed by atoms with Crippen LogP contribution in [0.5, 0.6) is 11.5 Å². The maximum absolute atomic E-state index is 13.6. The summed E-state index contributed by atoms with van der Waals surface area (Å²) < 4.78 is 25.7. The van der Waals surface area contributed by atoms with Crippen molar-refractivity contribution < 1.29 is 23.5 Å². The number of aryl methyl sites for hydroxylation is 1. The van der Waals surface area contributed by atoms with Gasteiger partial charge in [-0.05, 0) is 43.3 Å². The number of halogens is 1. The highest BCUT2D eigenvalue weighted by atomic mass is 32.2. The standard InChI is InChI=1S/C23H22FN7O4S2/c1-13-27-29-22(37-13)26-20(32)12-36-23-30-28-19(31(23)16-6-4-15(24)5-7-16)11-25-21(33)14-8-17(34-2)10-18(9-14)35-3/h4-10H,11-12H2,1-3H3,(H,25,33)(H,26,29,32). The van der Waals surface area contributed by atoms with Crippen molar-refractivity contribution in [1.82, 2.24) is 30.3 Å². The molecule has 37 heavy (non-hydrogen) atoms. The van der Waals surface area contributed by atoms with Crippen molar-refractivity contribution in [3.63, 3.8) is 0 Å². The Kier molecular flexibility index (Phi) is 8.30. The first kappa shape index (κ1) is 26.0. The van der Waals surface area contributed by atoms with E-state index in [-0.39, 0.29) is 24.1 Å². The van der Waals surface area contributed by atoms with E-state index in [1.807, 2.05) is 0 Å². The molecule has 0 spiro atoms. The zero-order valence-electron chi connectivity index (χ0n) is 20.0. The number of amides is 2. The number of carbonyl (C=O) groups excluding carboxylic acids is 2. The smallest absolute Gasteiger partial charge is 0.251 e. The van der Waals surface area contributed by atoms with E-state index < -0.39 is 5.82 Å². The molecule has 0 saturated carbocycles. The van der Waals surface area contributed by atoms with Crippen LogP contribution in [0, 0.1) is 12.7 Å². The van der Waals surface area contributed by atoms with Crippen LogP contribution in [0.25, 0.3) is 5.69 Å². The topological polar surface area (TPSA) is 133 Å². The summed E-state index contributed by atoms with van der Waals surface area (Å²) in [6, 6.07) is 10.6. The minimum Gasteiger partial charge on any atom is -0.497 e. The molecule has 2 heterocycles. The summed E-state index contributed by atoms with van der Waals surface area (Å²) in [6.45, 7) is 1.80. The van der Waals surface area contributed by atoms with E-state index in [1.54, 1.807) is 41.8 Å². The maximum atomic E-state index is 13.6. The molecule has 4 aromatic rings. The number of nitrogens with zero attached hydrogens (tertiary/aromatic N) is 5. The van der Waals surface area contributed by atoms with Gasteiger partial charge in [0.15, 0.2) is 11.0 Å². The maximum Gasteiger partial charge on any atom is 0.251 e. The van der Waals surface area contributed by atoms with Gasteiger partial charge in [0.25, 0.3) is 5.91 Å². The van der Waals surface area contributed by atoms with Crippen LogP contribution in [-0.4, -0.2) is 56.7 Å². The Morgan fingerprint density at radius 1 is 1.03 bits per heavy atom. The van der Waals surface area contributed by atoms with E-state index in [2.05, 4.69) is 31.0 Å². The lowest BCUT2D eigenvalue weighted by Crippen LogP contribution is -2.24. The lowest BCUT2D eigenvalue weighted by Gasteiger charge is -2.12. The molecule has 4 rings (SSSR count). The number of benzene rings is 2. The Hall–Kier alpha value is -4.04. The van der Waals surface area contributed by atoms with Crippen LogP contribution < -0.4 is 20.1 Å². The number of carbonyl (C=O) groups is 2. The Morgan fingerprint density at radius 3 is 2.35 bits per heavy atom. The van der Waals surface area contributed by atoms with E-state index in [0.717, 1.165) is 16.8 Å². The highest BCUT2D eigenvalue weighted by molar-refractivity contribution is 7.99. The van der Waals surface area contributed by atoms with E-state index in [4.69, 9.17) is 9.47 Å². The zero-order valence-corrected chi connectivity index (χ0v) is 21.7. The van der Waals surface area contributed by atoms with Crippen molar-refractivity contribution in [2.45, 2.75) is 18.6 Å². The summed E-state index contributed by atoms with van der Waals surface area (Å²) in [7, 11) is 2.99. The fourth-order valence-corrected chi connectivity index (χ4v) is 4.57. The van der Waals surface area contributed by atoms with E-state index in [1.165, 1.54) is 37.7 Å². The molecule has 2 aromatic heterocycles. The number of ether oxygens (including phenoxy) is 2. The summed E-state index contributed by atoms with van der Waals surface area (Å²) in [5, 5.41) is 23.1. The average Bonchev–Trinajstić information content (AvgIpc) is 3.51. The number of hydrogen-bond acceptors (Lipinski definition) is 10. The van der Waals surface area contributed by atoms with E-state index in [9.17, 15) is 14.0 Å². The second-order valence-electron chi connectivity index (χ2n) is 7.46. The third-order valence-corrected chi connectivity index (χ3v) is 6.59. The van der Waals surface area contributed by atoms with E-state index in [0.29, 0.717) is 38.9 Å². The Balaban J connectivity index is 1.51. The second kappa shape index (κ2) is 11.8. The lowest BCUT2D eigenvalue weighted by molar-refractivity contribution is -0.113. The molecule has 0 radical (unpaired) electrons. The van der Waals surface area contributed by atoms with Gasteiger partial charge in [-0.25, -0.2) is 4.39 Å². The summed E-state index contributed by atoms with van der Waals surface area (Å²) in [5.41, 5.74) is 0.906. The number of methoxy groups -OCH3 is 2. The molecule has 0 atom stereocenters. The monoisotopic (exact) mass is 543 g/mol. The lowest BCUT2D eigenvalue weighted by atomic mass is 10.2. The van der Waals surface area contributed by atoms with Crippen LogP contribution in [-0.2, 0) is 11.3 Å². The van der Waals surface area contributed by atoms with Crippen molar-refractivity contribution in [2.24, 2.45) is 0 Å². The molecule has 192 valence electrons. The summed E-state index contributed by atoms with van der Waals surface area (Å²) in [5.74, 6) is 0.272. The normalized spacial score (nSPS) is 10.7. The number of aromatic nitrogens is 5. The van der Waals surface area contributed by atoms with Crippen molar-refractivity contribution in [1.29, 1.82) is 0 Å².